The molecule has 1 atom stereocenters. The zero-order valence-corrected chi connectivity index (χ0v) is 7.88. The van der Waals surface area contributed by atoms with E-state index in [2.05, 4.69) is 0 Å². The highest BCUT2D eigenvalue weighted by Gasteiger charge is 2.07. The Morgan fingerprint density at radius 3 is 2.69 bits per heavy atom. The SMILES string of the molecule is CCOc1ccc([C@H](C)N)c(F)c1. The molecule has 0 aromatic heterocycles. The van der Waals surface area contributed by atoms with Gasteiger partial charge in [0, 0.05) is 17.7 Å². The van der Waals surface area contributed by atoms with Gasteiger partial charge in [-0.05, 0) is 19.9 Å². The molecular weight excluding hydrogens is 169 g/mol. The monoisotopic (exact) mass is 183 g/mol. The van der Waals surface area contributed by atoms with Gasteiger partial charge in [0.25, 0.3) is 0 Å². The van der Waals surface area contributed by atoms with E-state index in [0.29, 0.717) is 17.9 Å². The van der Waals surface area contributed by atoms with Crippen LogP contribution >= 0.6 is 0 Å². The van der Waals surface area contributed by atoms with Gasteiger partial charge < -0.3 is 10.5 Å². The maximum Gasteiger partial charge on any atom is 0.131 e. The molecule has 13 heavy (non-hydrogen) atoms. The van der Waals surface area contributed by atoms with Crippen LogP contribution in [0.4, 0.5) is 4.39 Å². The van der Waals surface area contributed by atoms with Crippen LogP contribution in [0.1, 0.15) is 25.5 Å². The summed E-state index contributed by atoms with van der Waals surface area (Å²) in [4.78, 5) is 0. The summed E-state index contributed by atoms with van der Waals surface area (Å²) in [6, 6.07) is 4.47. The highest BCUT2D eigenvalue weighted by atomic mass is 19.1. The molecule has 0 amide bonds. The fourth-order valence-corrected chi connectivity index (χ4v) is 1.13. The molecule has 0 bridgehead atoms. The van der Waals surface area contributed by atoms with Crippen molar-refractivity contribution in [3.63, 3.8) is 0 Å². The van der Waals surface area contributed by atoms with Gasteiger partial charge in [-0.3, -0.25) is 0 Å². The number of ether oxygens (including phenoxy) is 1. The highest BCUT2D eigenvalue weighted by molar-refractivity contribution is 5.30. The van der Waals surface area contributed by atoms with Gasteiger partial charge in [-0.25, -0.2) is 4.39 Å². The van der Waals surface area contributed by atoms with Crippen molar-refractivity contribution >= 4 is 0 Å². The van der Waals surface area contributed by atoms with Crippen LogP contribution in [0.3, 0.4) is 0 Å². The van der Waals surface area contributed by atoms with Crippen molar-refractivity contribution in [3.8, 4) is 5.75 Å². The van der Waals surface area contributed by atoms with Crippen LogP contribution in [0.2, 0.25) is 0 Å². The number of hydrogen-bond acceptors (Lipinski definition) is 2. The van der Waals surface area contributed by atoms with Gasteiger partial charge in [0.1, 0.15) is 11.6 Å². The second kappa shape index (κ2) is 4.23. The summed E-state index contributed by atoms with van der Waals surface area (Å²) in [5.41, 5.74) is 6.07. The lowest BCUT2D eigenvalue weighted by Crippen LogP contribution is -2.07. The third kappa shape index (κ3) is 2.42. The molecule has 0 aliphatic heterocycles. The van der Waals surface area contributed by atoms with E-state index in [-0.39, 0.29) is 11.9 Å². The molecule has 72 valence electrons. The Morgan fingerprint density at radius 2 is 2.23 bits per heavy atom. The molecule has 0 radical (unpaired) electrons. The summed E-state index contributed by atoms with van der Waals surface area (Å²) in [5, 5.41) is 0. The van der Waals surface area contributed by atoms with Gasteiger partial charge >= 0.3 is 0 Å². The lowest BCUT2D eigenvalue weighted by molar-refractivity contribution is 0.338. The summed E-state index contributed by atoms with van der Waals surface area (Å²) in [6.45, 7) is 4.15. The smallest absolute Gasteiger partial charge is 0.131 e. The Hall–Kier alpha value is -1.09. The van der Waals surface area contributed by atoms with Crippen LogP contribution in [0.15, 0.2) is 18.2 Å². The normalized spacial score (nSPS) is 12.6. The standard InChI is InChI=1S/C10H14FNO/c1-3-13-8-4-5-9(7(2)12)10(11)6-8/h4-7H,3,12H2,1-2H3/t7-/m0/s1. The Kier molecular flexibility index (Phi) is 3.25. The number of benzene rings is 1. The fourth-order valence-electron chi connectivity index (χ4n) is 1.13. The van der Waals surface area contributed by atoms with Crippen LogP contribution in [0, 0.1) is 5.82 Å². The number of hydrogen-bond donors (Lipinski definition) is 1. The van der Waals surface area contributed by atoms with Crippen LogP contribution in [0.25, 0.3) is 0 Å². The molecule has 2 nitrogen and oxygen atoms in total. The Labute approximate surface area is 77.5 Å². The average molecular weight is 183 g/mol. The number of nitrogens with two attached hydrogens (primary N) is 1. The van der Waals surface area contributed by atoms with Crippen molar-refractivity contribution < 1.29 is 9.13 Å². The predicted octanol–water partition coefficient (Wildman–Crippen LogP) is 2.24. The van der Waals surface area contributed by atoms with E-state index >= 15 is 0 Å². The van der Waals surface area contributed by atoms with Crippen molar-refractivity contribution in [1.82, 2.24) is 0 Å². The van der Waals surface area contributed by atoms with Gasteiger partial charge in [0.2, 0.25) is 0 Å². The van der Waals surface area contributed by atoms with E-state index in [9.17, 15) is 4.39 Å². The largest absolute Gasteiger partial charge is 0.494 e. The first kappa shape index (κ1) is 9.99. The highest BCUT2D eigenvalue weighted by Crippen LogP contribution is 2.20. The van der Waals surface area contributed by atoms with E-state index in [1.165, 1.54) is 6.07 Å². The molecule has 0 spiro atoms. The predicted molar refractivity (Wildman–Crippen MR) is 50.2 cm³/mol. The van der Waals surface area contributed by atoms with Gasteiger partial charge in [0.15, 0.2) is 0 Å². The first-order valence-corrected chi connectivity index (χ1v) is 4.33. The topological polar surface area (TPSA) is 35.2 Å². The summed E-state index contributed by atoms with van der Waals surface area (Å²) in [7, 11) is 0. The molecule has 0 saturated heterocycles. The summed E-state index contributed by atoms with van der Waals surface area (Å²) < 4.78 is 18.4. The van der Waals surface area contributed by atoms with Crippen molar-refractivity contribution in [3.05, 3.63) is 29.6 Å². The van der Waals surface area contributed by atoms with E-state index in [1.54, 1.807) is 19.1 Å². The van der Waals surface area contributed by atoms with Gasteiger partial charge in [-0.2, -0.15) is 0 Å². The summed E-state index contributed by atoms with van der Waals surface area (Å²) >= 11 is 0. The van der Waals surface area contributed by atoms with Crippen LogP contribution in [-0.2, 0) is 0 Å². The second-order valence-electron chi connectivity index (χ2n) is 2.91. The average Bonchev–Trinajstić information content (AvgIpc) is 2.04. The molecule has 0 unspecified atom stereocenters. The summed E-state index contributed by atoms with van der Waals surface area (Å²) in [6.07, 6.45) is 0. The van der Waals surface area contributed by atoms with E-state index in [4.69, 9.17) is 10.5 Å². The van der Waals surface area contributed by atoms with E-state index in [0.717, 1.165) is 0 Å². The Balaban J connectivity index is 2.92. The van der Waals surface area contributed by atoms with E-state index in [1.807, 2.05) is 6.92 Å². The quantitative estimate of drug-likeness (QED) is 0.780. The maximum atomic E-state index is 13.3. The molecule has 1 aromatic carbocycles. The summed E-state index contributed by atoms with van der Waals surface area (Å²) in [5.74, 6) is 0.241. The molecular formula is C10H14FNO. The van der Waals surface area contributed by atoms with Crippen molar-refractivity contribution in [1.29, 1.82) is 0 Å². The fraction of sp³-hybridized carbons (Fsp3) is 0.400. The Bertz CT molecular complexity index is 286. The van der Waals surface area contributed by atoms with Gasteiger partial charge in [-0.1, -0.05) is 6.07 Å². The van der Waals surface area contributed by atoms with Crippen LogP contribution in [0.5, 0.6) is 5.75 Å². The molecule has 0 aliphatic carbocycles. The Morgan fingerprint density at radius 1 is 1.54 bits per heavy atom. The molecule has 1 rings (SSSR count). The molecule has 0 saturated carbocycles. The molecule has 3 heteroatoms. The number of halogens is 1. The minimum atomic E-state index is -0.305. The second-order valence-corrected chi connectivity index (χ2v) is 2.91. The maximum absolute atomic E-state index is 13.3. The van der Waals surface area contributed by atoms with Crippen LogP contribution < -0.4 is 10.5 Å². The lowest BCUT2D eigenvalue weighted by Gasteiger charge is -2.09. The van der Waals surface area contributed by atoms with Crippen LogP contribution in [-0.4, -0.2) is 6.61 Å². The van der Waals surface area contributed by atoms with E-state index < -0.39 is 0 Å². The first-order valence-electron chi connectivity index (χ1n) is 4.33. The molecule has 0 heterocycles. The third-order valence-electron chi connectivity index (χ3n) is 1.77. The lowest BCUT2D eigenvalue weighted by atomic mass is 10.1. The van der Waals surface area contributed by atoms with Crippen molar-refractivity contribution in [2.75, 3.05) is 6.61 Å². The number of rotatable bonds is 3. The first-order chi connectivity index (χ1) is 6.15. The molecule has 2 N–H and O–H groups in total. The van der Waals surface area contributed by atoms with Gasteiger partial charge in [-0.15, -0.1) is 0 Å². The third-order valence-corrected chi connectivity index (χ3v) is 1.77. The zero-order valence-electron chi connectivity index (χ0n) is 7.88. The van der Waals surface area contributed by atoms with Crippen molar-refractivity contribution in [2.45, 2.75) is 19.9 Å². The molecule has 1 aromatic rings. The molecule has 0 fully saturated rings. The minimum absolute atomic E-state index is 0.282. The minimum Gasteiger partial charge on any atom is -0.494 e. The molecule has 0 aliphatic rings. The van der Waals surface area contributed by atoms with Crippen molar-refractivity contribution in [2.24, 2.45) is 5.73 Å². The zero-order chi connectivity index (χ0) is 9.84. The van der Waals surface area contributed by atoms with Gasteiger partial charge in [0.05, 0.1) is 6.61 Å².